The SMILES string of the molecule is COCC(C)NC(=O)Cn1cnc2ccc(Br)cc2c1=O. The van der Waals surface area contributed by atoms with E-state index in [1.165, 1.54) is 10.9 Å². The largest absolute Gasteiger partial charge is 0.383 e. The first-order chi connectivity index (χ1) is 10.0. The summed E-state index contributed by atoms with van der Waals surface area (Å²) in [5.41, 5.74) is 0.364. The van der Waals surface area contributed by atoms with Gasteiger partial charge in [-0.3, -0.25) is 14.2 Å². The molecule has 2 rings (SSSR count). The van der Waals surface area contributed by atoms with Crippen molar-refractivity contribution in [1.29, 1.82) is 0 Å². The van der Waals surface area contributed by atoms with E-state index >= 15 is 0 Å². The Balaban J connectivity index is 2.21. The lowest BCUT2D eigenvalue weighted by atomic mass is 10.2. The molecule has 7 heteroatoms. The van der Waals surface area contributed by atoms with Gasteiger partial charge in [-0.2, -0.15) is 0 Å². The van der Waals surface area contributed by atoms with E-state index in [2.05, 4.69) is 26.2 Å². The molecule has 1 heterocycles. The van der Waals surface area contributed by atoms with Crippen LogP contribution in [0.25, 0.3) is 10.9 Å². The Kier molecular flexibility index (Phi) is 5.08. The Labute approximate surface area is 130 Å². The molecule has 0 aliphatic rings. The molecule has 0 spiro atoms. The molecule has 0 aliphatic heterocycles. The van der Waals surface area contributed by atoms with Crippen LogP contribution < -0.4 is 10.9 Å². The maximum absolute atomic E-state index is 12.3. The van der Waals surface area contributed by atoms with Crippen LogP contribution >= 0.6 is 15.9 Å². The van der Waals surface area contributed by atoms with Crippen molar-refractivity contribution in [3.8, 4) is 0 Å². The van der Waals surface area contributed by atoms with E-state index < -0.39 is 0 Å². The second-order valence-electron chi connectivity index (χ2n) is 4.76. The van der Waals surface area contributed by atoms with Crippen molar-refractivity contribution in [3.05, 3.63) is 39.4 Å². The van der Waals surface area contributed by atoms with Crippen molar-refractivity contribution in [2.24, 2.45) is 0 Å². The molecule has 1 unspecified atom stereocenters. The van der Waals surface area contributed by atoms with Crippen LogP contribution in [0, 0.1) is 0 Å². The fraction of sp³-hybridized carbons (Fsp3) is 0.357. The predicted molar refractivity (Wildman–Crippen MR) is 83.2 cm³/mol. The van der Waals surface area contributed by atoms with Crippen molar-refractivity contribution in [2.45, 2.75) is 19.5 Å². The van der Waals surface area contributed by atoms with Gasteiger partial charge in [-0.05, 0) is 25.1 Å². The van der Waals surface area contributed by atoms with Crippen LogP contribution in [0.3, 0.4) is 0 Å². The number of hydrogen-bond acceptors (Lipinski definition) is 4. The monoisotopic (exact) mass is 353 g/mol. The number of halogens is 1. The summed E-state index contributed by atoms with van der Waals surface area (Å²) in [6.45, 7) is 2.19. The molecule has 112 valence electrons. The Morgan fingerprint density at radius 1 is 1.52 bits per heavy atom. The number of rotatable bonds is 5. The molecule has 0 saturated heterocycles. The number of nitrogens with zero attached hydrogens (tertiary/aromatic N) is 2. The smallest absolute Gasteiger partial charge is 0.261 e. The number of benzene rings is 1. The molecule has 0 radical (unpaired) electrons. The molecule has 1 N–H and O–H groups in total. The summed E-state index contributed by atoms with van der Waals surface area (Å²) in [5.74, 6) is -0.252. The summed E-state index contributed by atoms with van der Waals surface area (Å²) >= 11 is 3.32. The zero-order valence-corrected chi connectivity index (χ0v) is 13.4. The highest BCUT2D eigenvalue weighted by Crippen LogP contribution is 2.14. The number of nitrogens with one attached hydrogen (secondary N) is 1. The number of hydrogen-bond donors (Lipinski definition) is 1. The normalized spacial score (nSPS) is 12.3. The van der Waals surface area contributed by atoms with Crippen molar-refractivity contribution >= 4 is 32.7 Å². The number of ether oxygens (including phenoxy) is 1. The Hall–Kier alpha value is -1.73. The Morgan fingerprint density at radius 2 is 2.29 bits per heavy atom. The van der Waals surface area contributed by atoms with Gasteiger partial charge in [0.25, 0.3) is 5.56 Å². The minimum atomic E-state index is -0.252. The van der Waals surface area contributed by atoms with Gasteiger partial charge in [-0.25, -0.2) is 4.98 Å². The number of fused-ring (bicyclic) bond motifs is 1. The standard InChI is InChI=1S/C14H16BrN3O3/c1-9(7-21-2)17-13(19)6-18-8-16-12-4-3-10(15)5-11(12)14(18)20/h3-5,8-9H,6-7H2,1-2H3,(H,17,19). The van der Waals surface area contributed by atoms with Crippen LogP contribution in [0.15, 0.2) is 33.8 Å². The highest BCUT2D eigenvalue weighted by atomic mass is 79.9. The molecular formula is C14H16BrN3O3. The van der Waals surface area contributed by atoms with E-state index in [1.807, 2.05) is 13.0 Å². The summed E-state index contributed by atoms with van der Waals surface area (Å²) in [6.07, 6.45) is 1.39. The summed E-state index contributed by atoms with van der Waals surface area (Å²) in [7, 11) is 1.57. The molecule has 0 bridgehead atoms. The highest BCUT2D eigenvalue weighted by Gasteiger charge is 2.10. The number of amides is 1. The lowest BCUT2D eigenvalue weighted by Gasteiger charge is -2.13. The molecule has 0 saturated carbocycles. The Morgan fingerprint density at radius 3 is 3.00 bits per heavy atom. The summed E-state index contributed by atoms with van der Waals surface area (Å²) < 4.78 is 7.04. The van der Waals surface area contributed by atoms with Crippen molar-refractivity contribution < 1.29 is 9.53 Å². The molecule has 0 fully saturated rings. The van der Waals surface area contributed by atoms with E-state index in [0.717, 1.165) is 4.47 Å². The quantitative estimate of drug-likeness (QED) is 0.879. The number of methoxy groups -OCH3 is 1. The first kappa shape index (κ1) is 15.7. The third-order valence-corrected chi connectivity index (χ3v) is 3.42. The maximum atomic E-state index is 12.3. The van der Waals surface area contributed by atoms with Gasteiger partial charge in [0, 0.05) is 17.6 Å². The zero-order chi connectivity index (χ0) is 15.4. The third-order valence-electron chi connectivity index (χ3n) is 2.92. The average molecular weight is 354 g/mol. The fourth-order valence-corrected chi connectivity index (χ4v) is 2.37. The van der Waals surface area contributed by atoms with Crippen molar-refractivity contribution in [2.75, 3.05) is 13.7 Å². The van der Waals surface area contributed by atoms with Crippen LogP contribution in [0.1, 0.15) is 6.92 Å². The summed E-state index contributed by atoms with van der Waals surface area (Å²) in [5, 5.41) is 3.23. The van der Waals surface area contributed by atoms with Crippen molar-refractivity contribution in [3.63, 3.8) is 0 Å². The van der Waals surface area contributed by atoms with E-state index in [-0.39, 0.29) is 24.1 Å². The second-order valence-corrected chi connectivity index (χ2v) is 5.68. The van der Waals surface area contributed by atoms with Gasteiger partial charge in [-0.15, -0.1) is 0 Å². The molecule has 1 amide bonds. The minimum Gasteiger partial charge on any atom is -0.383 e. The predicted octanol–water partition coefficient (Wildman–Crippen LogP) is 1.31. The number of carbonyl (C=O) groups excluding carboxylic acids is 1. The van der Waals surface area contributed by atoms with Crippen LogP contribution in [0.2, 0.25) is 0 Å². The van der Waals surface area contributed by atoms with Gasteiger partial charge >= 0.3 is 0 Å². The molecule has 1 aromatic carbocycles. The third kappa shape index (κ3) is 3.89. The minimum absolute atomic E-state index is 0.0671. The zero-order valence-electron chi connectivity index (χ0n) is 11.8. The van der Waals surface area contributed by atoms with Gasteiger partial charge in [0.2, 0.25) is 5.91 Å². The van der Waals surface area contributed by atoms with E-state index in [4.69, 9.17) is 4.74 Å². The van der Waals surface area contributed by atoms with Gasteiger partial charge < -0.3 is 10.1 Å². The maximum Gasteiger partial charge on any atom is 0.261 e. The van der Waals surface area contributed by atoms with Crippen LogP contribution in [-0.2, 0) is 16.1 Å². The molecule has 0 aliphatic carbocycles. The Bertz CT molecular complexity index is 714. The molecule has 21 heavy (non-hydrogen) atoms. The number of aromatic nitrogens is 2. The lowest BCUT2D eigenvalue weighted by Crippen LogP contribution is -2.39. The van der Waals surface area contributed by atoms with E-state index in [9.17, 15) is 9.59 Å². The molecule has 1 aromatic heterocycles. The first-order valence-corrected chi connectivity index (χ1v) is 7.23. The van der Waals surface area contributed by atoms with Crippen molar-refractivity contribution in [1.82, 2.24) is 14.9 Å². The molecule has 2 aromatic rings. The topological polar surface area (TPSA) is 73.2 Å². The van der Waals surface area contributed by atoms with Gasteiger partial charge in [0.1, 0.15) is 6.54 Å². The van der Waals surface area contributed by atoms with Gasteiger partial charge in [0.05, 0.1) is 23.8 Å². The van der Waals surface area contributed by atoms with Crippen LogP contribution in [-0.4, -0.2) is 35.2 Å². The fourth-order valence-electron chi connectivity index (χ4n) is 2.01. The van der Waals surface area contributed by atoms with Crippen LogP contribution in [0.5, 0.6) is 0 Å². The van der Waals surface area contributed by atoms with Gasteiger partial charge in [0.15, 0.2) is 0 Å². The highest BCUT2D eigenvalue weighted by molar-refractivity contribution is 9.10. The first-order valence-electron chi connectivity index (χ1n) is 6.44. The summed E-state index contributed by atoms with van der Waals surface area (Å²) in [6, 6.07) is 5.16. The lowest BCUT2D eigenvalue weighted by molar-refractivity contribution is -0.122. The number of carbonyl (C=O) groups is 1. The van der Waals surface area contributed by atoms with Crippen LogP contribution in [0.4, 0.5) is 0 Å². The van der Waals surface area contributed by atoms with E-state index in [1.54, 1.807) is 19.2 Å². The average Bonchev–Trinajstić information content (AvgIpc) is 2.42. The van der Waals surface area contributed by atoms with Gasteiger partial charge in [-0.1, -0.05) is 15.9 Å². The second kappa shape index (κ2) is 6.82. The molecule has 1 atom stereocenters. The van der Waals surface area contributed by atoms with E-state index in [0.29, 0.717) is 17.5 Å². The molecular weight excluding hydrogens is 338 g/mol. The summed E-state index contributed by atoms with van der Waals surface area (Å²) in [4.78, 5) is 28.4. The molecule has 6 nitrogen and oxygen atoms in total.